The van der Waals surface area contributed by atoms with E-state index in [1.54, 1.807) is 4.90 Å². The molecule has 0 bridgehead atoms. The molecular formula is C16H21FN4O3. The Morgan fingerprint density at radius 1 is 1.25 bits per heavy atom. The Labute approximate surface area is 139 Å². The molecule has 1 aromatic carbocycles. The summed E-state index contributed by atoms with van der Waals surface area (Å²) < 4.78 is 13.4. The third kappa shape index (κ3) is 3.19. The average Bonchev–Trinajstić information content (AvgIpc) is 3.04. The molecule has 0 aliphatic carbocycles. The molecule has 2 aliphatic rings. The number of nitro benzene ring substituents is 1. The summed E-state index contributed by atoms with van der Waals surface area (Å²) in [5.41, 5.74) is 0.0412. The molecule has 1 amide bonds. The quantitative estimate of drug-likeness (QED) is 0.618. The predicted octanol–water partition coefficient (Wildman–Crippen LogP) is 1.48. The van der Waals surface area contributed by atoms with Crippen LogP contribution in [0.3, 0.4) is 0 Å². The standard InChI is InChI=1S/C16H21FN4O3/c1-18-7-9-19(10-8-18)16(22)14-3-2-6-20(14)13-5-4-12(17)11-15(13)21(23)24/h4-5,11,14H,2-3,6-10H2,1H3/t14-/m1/s1. The minimum Gasteiger partial charge on any atom is -0.354 e. The number of nitro groups is 1. The van der Waals surface area contributed by atoms with Crippen molar-refractivity contribution in [3.05, 3.63) is 34.1 Å². The molecule has 1 atom stereocenters. The Kier molecular flexibility index (Phi) is 4.66. The molecule has 1 aromatic rings. The summed E-state index contributed by atoms with van der Waals surface area (Å²) in [5, 5.41) is 11.3. The van der Waals surface area contributed by atoms with Crippen molar-refractivity contribution in [1.82, 2.24) is 9.80 Å². The van der Waals surface area contributed by atoms with Gasteiger partial charge in [0.25, 0.3) is 5.69 Å². The van der Waals surface area contributed by atoms with E-state index >= 15 is 0 Å². The van der Waals surface area contributed by atoms with Gasteiger partial charge in [-0.05, 0) is 32.0 Å². The van der Waals surface area contributed by atoms with Crippen molar-refractivity contribution < 1.29 is 14.1 Å². The minimum atomic E-state index is -0.647. The molecule has 8 heteroatoms. The molecule has 0 spiro atoms. The zero-order valence-electron chi connectivity index (χ0n) is 13.7. The second kappa shape index (κ2) is 6.72. The van der Waals surface area contributed by atoms with Gasteiger partial charge < -0.3 is 14.7 Å². The number of hydrogen-bond donors (Lipinski definition) is 0. The van der Waals surface area contributed by atoms with E-state index in [0.717, 1.165) is 25.6 Å². The van der Waals surface area contributed by atoms with E-state index in [0.29, 0.717) is 31.7 Å². The maximum absolute atomic E-state index is 13.4. The molecule has 24 heavy (non-hydrogen) atoms. The molecule has 2 aliphatic heterocycles. The van der Waals surface area contributed by atoms with Gasteiger partial charge in [0.1, 0.15) is 17.5 Å². The van der Waals surface area contributed by atoms with Crippen LogP contribution in [0.25, 0.3) is 0 Å². The number of carbonyl (C=O) groups is 1. The number of rotatable bonds is 3. The van der Waals surface area contributed by atoms with Gasteiger partial charge in [-0.1, -0.05) is 0 Å². The van der Waals surface area contributed by atoms with Gasteiger partial charge in [0.2, 0.25) is 5.91 Å². The van der Waals surface area contributed by atoms with E-state index < -0.39 is 16.8 Å². The van der Waals surface area contributed by atoms with Gasteiger partial charge in [0, 0.05) is 32.7 Å². The number of benzene rings is 1. The van der Waals surface area contributed by atoms with Gasteiger partial charge in [-0.3, -0.25) is 14.9 Å². The summed E-state index contributed by atoms with van der Waals surface area (Å²) in [6.45, 7) is 3.57. The van der Waals surface area contributed by atoms with Crippen LogP contribution < -0.4 is 4.90 Å². The highest BCUT2D eigenvalue weighted by Gasteiger charge is 2.37. The van der Waals surface area contributed by atoms with Crippen LogP contribution in [0.15, 0.2) is 18.2 Å². The molecular weight excluding hydrogens is 315 g/mol. The fourth-order valence-electron chi connectivity index (χ4n) is 3.44. The molecule has 7 nitrogen and oxygen atoms in total. The van der Waals surface area contributed by atoms with Crippen LogP contribution >= 0.6 is 0 Å². The number of carbonyl (C=O) groups excluding carboxylic acids is 1. The van der Waals surface area contributed by atoms with E-state index in [9.17, 15) is 19.3 Å². The van der Waals surface area contributed by atoms with Crippen molar-refractivity contribution in [2.24, 2.45) is 0 Å². The lowest BCUT2D eigenvalue weighted by Gasteiger charge is -2.36. The second-order valence-electron chi connectivity index (χ2n) is 6.37. The van der Waals surface area contributed by atoms with Crippen LogP contribution in [0.1, 0.15) is 12.8 Å². The summed E-state index contributed by atoms with van der Waals surface area (Å²) >= 11 is 0. The minimum absolute atomic E-state index is 0.0132. The smallest absolute Gasteiger partial charge is 0.295 e. The van der Waals surface area contributed by atoms with Gasteiger partial charge in [-0.15, -0.1) is 0 Å². The monoisotopic (exact) mass is 336 g/mol. The highest BCUT2D eigenvalue weighted by Crippen LogP contribution is 2.34. The number of nitrogens with zero attached hydrogens (tertiary/aromatic N) is 4. The zero-order chi connectivity index (χ0) is 17.3. The first-order valence-corrected chi connectivity index (χ1v) is 8.15. The Morgan fingerprint density at radius 3 is 2.62 bits per heavy atom. The van der Waals surface area contributed by atoms with E-state index in [1.165, 1.54) is 12.1 Å². The third-order valence-corrected chi connectivity index (χ3v) is 4.80. The fourth-order valence-corrected chi connectivity index (χ4v) is 3.44. The first-order chi connectivity index (χ1) is 11.5. The van der Waals surface area contributed by atoms with Crippen molar-refractivity contribution >= 4 is 17.3 Å². The van der Waals surface area contributed by atoms with Crippen LogP contribution in [0.2, 0.25) is 0 Å². The number of piperazine rings is 1. The average molecular weight is 336 g/mol. The fraction of sp³-hybridized carbons (Fsp3) is 0.562. The van der Waals surface area contributed by atoms with Gasteiger partial charge in [-0.2, -0.15) is 0 Å². The molecule has 2 saturated heterocycles. The molecule has 0 unspecified atom stereocenters. The summed E-state index contributed by atoms with van der Waals surface area (Å²) in [5.74, 6) is -0.634. The molecule has 2 fully saturated rings. The van der Waals surface area contributed by atoms with Gasteiger partial charge in [0.15, 0.2) is 0 Å². The van der Waals surface area contributed by atoms with Crippen LogP contribution in [-0.2, 0) is 4.79 Å². The van der Waals surface area contributed by atoms with Crippen molar-refractivity contribution in [3.8, 4) is 0 Å². The van der Waals surface area contributed by atoms with E-state index in [-0.39, 0.29) is 11.6 Å². The Bertz CT molecular complexity index is 646. The molecule has 0 saturated carbocycles. The second-order valence-corrected chi connectivity index (χ2v) is 6.37. The van der Waals surface area contributed by atoms with E-state index in [4.69, 9.17) is 0 Å². The molecule has 130 valence electrons. The number of anilines is 1. The molecule has 0 aromatic heterocycles. The number of hydrogen-bond acceptors (Lipinski definition) is 5. The lowest BCUT2D eigenvalue weighted by molar-refractivity contribution is -0.384. The van der Waals surface area contributed by atoms with Crippen molar-refractivity contribution in [2.75, 3.05) is 44.7 Å². The van der Waals surface area contributed by atoms with Crippen molar-refractivity contribution in [3.63, 3.8) is 0 Å². The van der Waals surface area contributed by atoms with E-state index in [1.807, 2.05) is 11.9 Å². The van der Waals surface area contributed by atoms with E-state index in [2.05, 4.69) is 4.90 Å². The van der Waals surface area contributed by atoms with Crippen molar-refractivity contribution in [2.45, 2.75) is 18.9 Å². The molecule has 2 heterocycles. The van der Waals surface area contributed by atoms with Crippen LogP contribution in [0.5, 0.6) is 0 Å². The Hall–Kier alpha value is -2.22. The molecule has 0 N–H and O–H groups in total. The highest BCUT2D eigenvalue weighted by molar-refractivity contribution is 5.87. The topological polar surface area (TPSA) is 69.9 Å². The largest absolute Gasteiger partial charge is 0.354 e. The highest BCUT2D eigenvalue weighted by atomic mass is 19.1. The summed E-state index contributed by atoms with van der Waals surface area (Å²) in [4.78, 5) is 29.3. The van der Waals surface area contributed by atoms with Crippen LogP contribution in [-0.4, -0.2) is 66.4 Å². The normalized spacial score (nSPS) is 22.0. The predicted molar refractivity (Wildman–Crippen MR) is 87.5 cm³/mol. The lowest BCUT2D eigenvalue weighted by Crippen LogP contribution is -2.53. The lowest BCUT2D eigenvalue weighted by atomic mass is 10.1. The summed E-state index contributed by atoms with van der Waals surface area (Å²) in [7, 11) is 2.02. The van der Waals surface area contributed by atoms with Gasteiger partial charge in [0.05, 0.1) is 11.0 Å². The van der Waals surface area contributed by atoms with Crippen LogP contribution in [0, 0.1) is 15.9 Å². The van der Waals surface area contributed by atoms with Gasteiger partial charge in [-0.25, -0.2) is 4.39 Å². The Morgan fingerprint density at radius 2 is 1.96 bits per heavy atom. The van der Waals surface area contributed by atoms with Gasteiger partial charge >= 0.3 is 0 Å². The zero-order valence-corrected chi connectivity index (χ0v) is 13.7. The molecule has 0 radical (unpaired) electrons. The SMILES string of the molecule is CN1CCN(C(=O)[C@H]2CCCN2c2ccc(F)cc2[N+](=O)[O-])CC1. The third-order valence-electron chi connectivity index (χ3n) is 4.80. The summed E-state index contributed by atoms with van der Waals surface area (Å²) in [6.07, 6.45) is 1.46. The number of likely N-dealkylation sites (N-methyl/N-ethyl adjacent to an activating group) is 1. The Balaban J connectivity index is 1.83. The van der Waals surface area contributed by atoms with Crippen molar-refractivity contribution in [1.29, 1.82) is 0 Å². The number of amides is 1. The van der Waals surface area contributed by atoms with Crippen LogP contribution in [0.4, 0.5) is 15.8 Å². The summed E-state index contributed by atoms with van der Waals surface area (Å²) in [6, 6.07) is 3.13. The maximum Gasteiger partial charge on any atom is 0.295 e. The maximum atomic E-state index is 13.4. The molecule has 3 rings (SSSR count). The first kappa shape index (κ1) is 16.6. The number of halogens is 1. The first-order valence-electron chi connectivity index (χ1n) is 8.15.